The summed E-state index contributed by atoms with van der Waals surface area (Å²) in [5, 5.41) is 11.3. The molecule has 0 aliphatic carbocycles. The average molecular weight is 584 g/mol. The summed E-state index contributed by atoms with van der Waals surface area (Å²) < 4.78 is 60.0. The molecule has 7 nitrogen and oxygen atoms in total. The monoisotopic (exact) mass is 583 g/mol. The fourth-order valence-corrected chi connectivity index (χ4v) is 4.94. The summed E-state index contributed by atoms with van der Waals surface area (Å²) in [7, 11) is 2.59. The zero-order valence-electron chi connectivity index (χ0n) is 20.8. The Labute approximate surface area is 231 Å². The first-order valence-electron chi connectivity index (χ1n) is 11.5. The summed E-state index contributed by atoms with van der Waals surface area (Å²) in [6.07, 6.45) is -5.18. The van der Waals surface area contributed by atoms with Gasteiger partial charge in [-0.15, -0.1) is 0 Å². The molecule has 0 spiro atoms. The number of carbonyl (C=O) groups excluding carboxylic acids is 2. The molecular weight excluding hydrogens is 562 g/mol. The zero-order chi connectivity index (χ0) is 28.7. The Balaban J connectivity index is 1.80. The maximum atomic E-state index is 14.7. The summed E-state index contributed by atoms with van der Waals surface area (Å²) in [5.41, 5.74) is -3.97. The topological polar surface area (TPSA) is 85.3 Å². The second-order valence-electron chi connectivity index (χ2n) is 8.80. The molecule has 0 aromatic heterocycles. The smallest absolute Gasteiger partial charge is 0.422 e. The van der Waals surface area contributed by atoms with Crippen LogP contribution in [0.4, 0.5) is 18.9 Å². The van der Waals surface area contributed by atoms with E-state index >= 15 is 0 Å². The number of anilines is 1. The zero-order valence-corrected chi connectivity index (χ0v) is 22.3. The molecule has 2 unspecified atom stereocenters. The van der Waals surface area contributed by atoms with Gasteiger partial charge in [0, 0.05) is 29.6 Å². The molecule has 2 atom stereocenters. The van der Waals surface area contributed by atoms with E-state index in [0.29, 0.717) is 0 Å². The highest BCUT2D eigenvalue weighted by Gasteiger charge is 2.59. The molecule has 0 fully saturated rings. The van der Waals surface area contributed by atoms with Gasteiger partial charge in [-0.25, -0.2) is 4.79 Å². The number of aliphatic hydroxyl groups is 1. The van der Waals surface area contributed by atoms with E-state index in [9.17, 15) is 27.9 Å². The van der Waals surface area contributed by atoms with Crippen molar-refractivity contribution in [1.29, 1.82) is 0 Å². The van der Waals surface area contributed by atoms with E-state index < -0.39 is 35.1 Å². The summed E-state index contributed by atoms with van der Waals surface area (Å²) in [4.78, 5) is 25.1. The lowest BCUT2D eigenvalue weighted by Gasteiger charge is -2.38. The lowest BCUT2D eigenvalue weighted by Crippen LogP contribution is -2.47. The van der Waals surface area contributed by atoms with E-state index in [1.165, 1.54) is 63.5 Å². The Kier molecular flexibility index (Phi) is 7.75. The highest BCUT2D eigenvalue weighted by Crippen LogP contribution is 2.53. The average Bonchev–Trinajstić information content (AvgIpc) is 2.89. The Morgan fingerprint density at radius 2 is 1.82 bits per heavy atom. The van der Waals surface area contributed by atoms with Gasteiger partial charge in [0.05, 0.1) is 23.4 Å². The first-order valence-corrected chi connectivity index (χ1v) is 12.2. The molecule has 0 radical (unpaired) electrons. The van der Waals surface area contributed by atoms with Crippen molar-refractivity contribution in [3.8, 4) is 17.2 Å². The number of halogens is 5. The molecular formula is C27H22Cl2F3NO6. The SMILES string of the molecule is COC(=O)c1ccc(Oc2cccc(Cl)c2C(C)C(O)(c2ccc3c(c2)N(C)C(=O)CO3)C(F)(F)F)cc1Cl. The van der Waals surface area contributed by atoms with Gasteiger partial charge in [-0.3, -0.25) is 4.79 Å². The fraction of sp³-hybridized carbons (Fsp3) is 0.259. The number of nitrogens with zero attached hydrogens (tertiary/aromatic N) is 1. The molecule has 0 saturated carbocycles. The van der Waals surface area contributed by atoms with Crippen LogP contribution in [0.2, 0.25) is 10.0 Å². The molecule has 206 valence electrons. The second-order valence-corrected chi connectivity index (χ2v) is 9.61. The third-order valence-corrected chi connectivity index (χ3v) is 7.21. The predicted octanol–water partition coefficient (Wildman–Crippen LogP) is 6.48. The minimum atomic E-state index is -5.18. The van der Waals surface area contributed by atoms with E-state index in [1.807, 2.05) is 0 Å². The molecule has 1 amide bonds. The minimum Gasteiger partial charge on any atom is -0.482 e. The largest absolute Gasteiger partial charge is 0.482 e. The van der Waals surface area contributed by atoms with E-state index in [2.05, 4.69) is 4.74 Å². The highest BCUT2D eigenvalue weighted by molar-refractivity contribution is 6.33. The summed E-state index contributed by atoms with van der Waals surface area (Å²) in [5.74, 6) is -2.61. The van der Waals surface area contributed by atoms with Crippen molar-refractivity contribution in [1.82, 2.24) is 0 Å². The molecule has 1 heterocycles. The number of benzene rings is 3. The van der Waals surface area contributed by atoms with Gasteiger partial charge in [0.25, 0.3) is 5.91 Å². The number of carbonyl (C=O) groups is 2. The van der Waals surface area contributed by atoms with Gasteiger partial charge in [0.2, 0.25) is 0 Å². The quantitative estimate of drug-likeness (QED) is 0.334. The van der Waals surface area contributed by atoms with Crippen LogP contribution in [0.5, 0.6) is 17.2 Å². The molecule has 4 rings (SSSR count). The van der Waals surface area contributed by atoms with Crippen LogP contribution in [0.1, 0.15) is 34.3 Å². The lowest BCUT2D eigenvalue weighted by atomic mass is 9.77. The van der Waals surface area contributed by atoms with Crippen molar-refractivity contribution in [2.24, 2.45) is 0 Å². The van der Waals surface area contributed by atoms with Crippen LogP contribution in [-0.4, -0.2) is 43.9 Å². The van der Waals surface area contributed by atoms with Gasteiger partial charge in [-0.05, 0) is 42.0 Å². The van der Waals surface area contributed by atoms with Gasteiger partial charge in [0.15, 0.2) is 12.2 Å². The predicted molar refractivity (Wildman–Crippen MR) is 138 cm³/mol. The molecule has 0 saturated heterocycles. The fourth-order valence-electron chi connectivity index (χ4n) is 4.37. The molecule has 39 heavy (non-hydrogen) atoms. The Morgan fingerprint density at radius 3 is 2.46 bits per heavy atom. The number of methoxy groups -OCH3 is 1. The minimum absolute atomic E-state index is 0.00211. The normalized spacial score (nSPS) is 15.6. The van der Waals surface area contributed by atoms with Crippen LogP contribution in [-0.2, 0) is 15.1 Å². The van der Waals surface area contributed by atoms with Gasteiger partial charge in [-0.2, -0.15) is 13.2 Å². The maximum Gasteiger partial charge on any atom is 0.422 e. The van der Waals surface area contributed by atoms with E-state index in [4.69, 9.17) is 32.7 Å². The number of hydrogen-bond donors (Lipinski definition) is 1. The van der Waals surface area contributed by atoms with Crippen molar-refractivity contribution in [3.05, 3.63) is 81.3 Å². The van der Waals surface area contributed by atoms with Crippen molar-refractivity contribution in [2.45, 2.75) is 24.6 Å². The number of alkyl halides is 3. The van der Waals surface area contributed by atoms with E-state index in [1.54, 1.807) is 0 Å². The van der Waals surface area contributed by atoms with Gasteiger partial charge >= 0.3 is 12.1 Å². The number of rotatable bonds is 6. The number of likely N-dealkylation sites (N-methyl/N-ethyl adjacent to an activating group) is 1. The van der Waals surface area contributed by atoms with Crippen LogP contribution in [0, 0.1) is 0 Å². The number of esters is 1. The van der Waals surface area contributed by atoms with E-state index in [0.717, 1.165) is 17.0 Å². The molecule has 3 aromatic carbocycles. The Hall–Kier alpha value is -3.47. The van der Waals surface area contributed by atoms with Crippen LogP contribution >= 0.6 is 23.2 Å². The van der Waals surface area contributed by atoms with E-state index in [-0.39, 0.29) is 50.7 Å². The van der Waals surface area contributed by atoms with Crippen molar-refractivity contribution in [3.63, 3.8) is 0 Å². The Bertz CT molecular complexity index is 1450. The first kappa shape index (κ1) is 28.5. The summed E-state index contributed by atoms with van der Waals surface area (Å²) in [6.45, 7) is 0.910. The van der Waals surface area contributed by atoms with Gasteiger partial charge in [0.1, 0.15) is 17.2 Å². The number of fused-ring (bicyclic) bond motifs is 1. The highest BCUT2D eigenvalue weighted by atomic mass is 35.5. The first-order chi connectivity index (χ1) is 18.3. The molecule has 3 aromatic rings. The van der Waals surface area contributed by atoms with Crippen molar-refractivity contribution in [2.75, 3.05) is 25.7 Å². The standard InChI is InChI=1S/C27H22Cl2F3NO6/c1-14(26(36,27(30,31)32)15-7-10-21-20(11-15)33(2)23(34)13-38-21)24-18(28)5-4-6-22(24)39-16-8-9-17(19(29)12-16)25(35)37-3/h4-12,14,36H,13H2,1-3H3. The molecule has 1 aliphatic heterocycles. The van der Waals surface area contributed by atoms with Crippen molar-refractivity contribution >= 4 is 40.8 Å². The van der Waals surface area contributed by atoms with Gasteiger partial charge < -0.3 is 24.2 Å². The summed E-state index contributed by atoms with van der Waals surface area (Å²) >= 11 is 12.6. The number of ether oxygens (including phenoxy) is 3. The molecule has 12 heteroatoms. The van der Waals surface area contributed by atoms with Gasteiger partial charge in [-0.1, -0.05) is 42.3 Å². The molecule has 0 bridgehead atoms. The number of amides is 1. The van der Waals surface area contributed by atoms with Crippen molar-refractivity contribution < 1.29 is 42.1 Å². The van der Waals surface area contributed by atoms with Crippen LogP contribution in [0.3, 0.4) is 0 Å². The van der Waals surface area contributed by atoms with Crippen LogP contribution in [0.15, 0.2) is 54.6 Å². The van der Waals surface area contributed by atoms with Crippen LogP contribution < -0.4 is 14.4 Å². The number of hydrogen-bond acceptors (Lipinski definition) is 6. The third-order valence-electron chi connectivity index (χ3n) is 6.56. The third kappa shape index (κ3) is 5.11. The second kappa shape index (κ2) is 10.6. The molecule has 1 N–H and O–H groups in total. The molecule has 1 aliphatic rings. The maximum absolute atomic E-state index is 14.7. The Morgan fingerprint density at radius 1 is 1.10 bits per heavy atom. The lowest BCUT2D eigenvalue weighted by molar-refractivity contribution is -0.274. The van der Waals surface area contributed by atoms with Crippen LogP contribution in [0.25, 0.3) is 0 Å². The summed E-state index contributed by atoms with van der Waals surface area (Å²) in [6, 6.07) is 11.7.